The second kappa shape index (κ2) is 41.1. The Kier molecular flexibility index (Phi) is 39.5. The number of allylic oxidation sites excluding steroid dienone is 10. The summed E-state index contributed by atoms with van der Waals surface area (Å²) in [4.78, 5) is 37.6. The molecule has 2 atom stereocenters. The van der Waals surface area contributed by atoms with Crippen LogP contribution >= 0.6 is 7.82 Å². The average Bonchev–Trinajstić information content (AvgIpc) is 3.19. The van der Waals surface area contributed by atoms with Crippen LogP contribution in [0.25, 0.3) is 0 Å². The Balaban J connectivity index is 4.39. The Hall–Kier alpha value is -2.29. The molecule has 342 valence electrons. The van der Waals surface area contributed by atoms with Crippen LogP contribution in [0.2, 0.25) is 0 Å². The molecule has 0 heterocycles. The number of hydrogen-bond acceptors (Lipinski definition) is 8. The molecule has 0 bridgehead atoms. The standard InChI is InChI=1S/C49H88NO8P/c1-6-8-10-12-14-16-18-20-22-24-25-26-28-30-32-34-36-38-40-42-49(52)58-47(46-57-59(53,54)56-44-43-50(3,4)5)45-55-48(51)41-39-37-35-33-31-29-27-23-21-19-17-15-13-11-9-7-2/h8,10,14,16,20,22,25-26,30,32,47H,6-7,9,11-13,15,17-19,21,23-24,27-29,31,33-46H2,1-5H3/b10-8-,16-14-,22-20-,26-25-,32-30-. The van der Waals surface area contributed by atoms with Gasteiger partial charge in [0.1, 0.15) is 19.8 Å². The van der Waals surface area contributed by atoms with E-state index >= 15 is 0 Å². The molecule has 0 fully saturated rings. The van der Waals surface area contributed by atoms with Gasteiger partial charge in [-0.3, -0.25) is 14.2 Å². The Morgan fingerprint density at radius 3 is 1.44 bits per heavy atom. The first-order valence-corrected chi connectivity index (χ1v) is 25.0. The molecule has 2 unspecified atom stereocenters. The van der Waals surface area contributed by atoms with Crippen molar-refractivity contribution in [3.8, 4) is 0 Å². The van der Waals surface area contributed by atoms with Gasteiger partial charge < -0.3 is 27.9 Å². The zero-order valence-electron chi connectivity index (χ0n) is 38.4. The van der Waals surface area contributed by atoms with Crippen LogP contribution in [-0.2, 0) is 32.7 Å². The Morgan fingerprint density at radius 1 is 0.542 bits per heavy atom. The maximum Gasteiger partial charge on any atom is 0.306 e. The molecule has 0 radical (unpaired) electrons. The van der Waals surface area contributed by atoms with Gasteiger partial charge in [0.05, 0.1) is 27.7 Å². The molecule has 0 aromatic rings. The fourth-order valence-electron chi connectivity index (χ4n) is 6.15. The van der Waals surface area contributed by atoms with Crippen LogP contribution in [0.15, 0.2) is 60.8 Å². The molecule has 0 spiro atoms. The van der Waals surface area contributed by atoms with E-state index < -0.39 is 32.5 Å². The van der Waals surface area contributed by atoms with Gasteiger partial charge in [0.25, 0.3) is 7.82 Å². The van der Waals surface area contributed by atoms with Gasteiger partial charge in [0, 0.05) is 12.8 Å². The third-order valence-corrected chi connectivity index (χ3v) is 10.8. The first-order valence-electron chi connectivity index (χ1n) is 23.5. The van der Waals surface area contributed by atoms with Crippen LogP contribution in [-0.4, -0.2) is 70.0 Å². The molecule has 0 aliphatic rings. The highest BCUT2D eigenvalue weighted by Gasteiger charge is 2.21. The molecule has 0 aromatic heterocycles. The maximum atomic E-state index is 12.7. The van der Waals surface area contributed by atoms with Gasteiger partial charge in [-0.25, -0.2) is 0 Å². The number of phosphoric acid groups is 1. The van der Waals surface area contributed by atoms with E-state index in [9.17, 15) is 19.0 Å². The number of esters is 2. The van der Waals surface area contributed by atoms with E-state index in [0.29, 0.717) is 17.4 Å². The zero-order chi connectivity index (χ0) is 43.6. The number of rotatable bonds is 42. The highest BCUT2D eigenvalue weighted by Crippen LogP contribution is 2.38. The number of unbranched alkanes of at least 4 members (excludes halogenated alkanes) is 18. The topological polar surface area (TPSA) is 111 Å². The summed E-state index contributed by atoms with van der Waals surface area (Å²) in [6, 6.07) is 0. The largest absolute Gasteiger partial charge is 0.756 e. The van der Waals surface area contributed by atoms with Crippen LogP contribution in [0, 0.1) is 0 Å². The van der Waals surface area contributed by atoms with Crippen molar-refractivity contribution in [2.45, 2.75) is 193 Å². The van der Waals surface area contributed by atoms with Crippen LogP contribution in [0.4, 0.5) is 0 Å². The summed E-state index contributed by atoms with van der Waals surface area (Å²) in [7, 11) is 1.14. The van der Waals surface area contributed by atoms with E-state index in [-0.39, 0.29) is 26.1 Å². The predicted molar refractivity (Wildman–Crippen MR) is 245 cm³/mol. The van der Waals surface area contributed by atoms with Gasteiger partial charge in [0.15, 0.2) is 6.10 Å². The number of phosphoric ester groups is 1. The summed E-state index contributed by atoms with van der Waals surface area (Å²) in [6.45, 7) is 4.08. The molecule has 0 rings (SSSR count). The van der Waals surface area contributed by atoms with E-state index in [1.165, 1.54) is 83.5 Å². The van der Waals surface area contributed by atoms with Crippen molar-refractivity contribution in [1.82, 2.24) is 0 Å². The monoisotopic (exact) mass is 850 g/mol. The number of carbonyl (C=O) groups is 2. The molecule has 9 nitrogen and oxygen atoms in total. The molecule has 0 saturated carbocycles. The van der Waals surface area contributed by atoms with Crippen LogP contribution in [0.5, 0.6) is 0 Å². The van der Waals surface area contributed by atoms with Crippen molar-refractivity contribution in [2.75, 3.05) is 47.5 Å². The molecule has 0 N–H and O–H groups in total. The minimum Gasteiger partial charge on any atom is -0.756 e. The fraction of sp³-hybridized carbons (Fsp3) is 0.755. The van der Waals surface area contributed by atoms with Crippen LogP contribution in [0.1, 0.15) is 187 Å². The summed E-state index contributed by atoms with van der Waals surface area (Å²) in [6.07, 6.45) is 49.6. The molecule has 0 aliphatic heterocycles. The third-order valence-electron chi connectivity index (χ3n) is 9.80. The van der Waals surface area contributed by atoms with Crippen molar-refractivity contribution in [3.05, 3.63) is 60.8 Å². The quantitative estimate of drug-likeness (QED) is 0.0196. The summed E-state index contributed by atoms with van der Waals surface area (Å²) in [5.74, 6) is -0.870. The number of ether oxygens (including phenoxy) is 2. The van der Waals surface area contributed by atoms with Crippen LogP contribution in [0.3, 0.4) is 0 Å². The van der Waals surface area contributed by atoms with Crippen molar-refractivity contribution >= 4 is 19.8 Å². The predicted octanol–water partition coefficient (Wildman–Crippen LogP) is 13.0. The van der Waals surface area contributed by atoms with Crippen molar-refractivity contribution in [2.24, 2.45) is 0 Å². The van der Waals surface area contributed by atoms with E-state index in [1.807, 2.05) is 21.1 Å². The van der Waals surface area contributed by atoms with Gasteiger partial charge in [-0.1, -0.05) is 177 Å². The van der Waals surface area contributed by atoms with Gasteiger partial charge in [-0.05, 0) is 57.8 Å². The molecule has 0 aliphatic carbocycles. The fourth-order valence-corrected chi connectivity index (χ4v) is 6.88. The van der Waals surface area contributed by atoms with Gasteiger partial charge in [0.2, 0.25) is 0 Å². The van der Waals surface area contributed by atoms with Crippen molar-refractivity contribution < 1.29 is 42.1 Å². The molecule has 59 heavy (non-hydrogen) atoms. The highest BCUT2D eigenvalue weighted by molar-refractivity contribution is 7.45. The lowest BCUT2D eigenvalue weighted by Gasteiger charge is -2.28. The molecule has 0 aromatic carbocycles. The maximum absolute atomic E-state index is 12.7. The van der Waals surface area contributed by atoms with E-state index in [1.54, 1.807) is 0 Å². The minimum atomic E-state index is -4.64. The Labute approximate surface area is 362 Å². The first-order chi connectivity index (χ1) is 28.5. The summed E-state index contributed by atoms with van der Waals surface area (Å²) in [5.41, 5.74) is 0. The van der Waals surface area contributed by atoms with E-state index in [4.69, 9.17) is 18.5 Å². The van der Waals surface area contributed by atoms with E-state index in [2.05, 4.69) is 74.6 Å². The number of nitrogens with zero attached hydrogens (tertiary/aromatic N) is 1. The summed E-state index contributed by atoms with van der Waals surface area (Å²) in [5, 5.41) is 0. The minimum absolute atomic E-state index is 0.0390. The highest BCUT2D eigenvalue weighted by atomic mass is 31.2. The summed E-state index contributed by atoms with van der Waals surface area (Å²) < 4.78 is 33.9. The first kappa shape index (κ1) is 56.7. The smallest absolute Gasteiger partial charge is 0.306 e. The molecular formula is C49H88NO8P. The third kappa shape index (κ3) is 45.1. The summed E-state index contributed by atoms with van der Waals surface area (Å²) >= 11 is 0. The Morgan fingerprint density at radius 2 is 0.966 bits per heavy atom. The van der Waals surface area contributed by atoms with E-state index in [0.717, 1.165) is 70.6 Å². The number of hydrogen-bond donors (Lipinski definition) is 0. The normalized spacial score (nSPS) is 14.1. The lowest BCUT2D eigenvalue weighted by atomic mass is 10.0. The zero-order valence-corrected chi connectivity index (χ0v) is 39.3. The van der Waals surface area contributed by atoms with Crippen molar-refractivity contribution in [3.63, 3.8) is 0 Å². The van der Waals surface area contributed by atoms with Gasteiger partial charge in [-0.2, -0.15) is 0 Å². The van der Waals surface area contributed by atoms with Crippen molar-refractivity contribution in [1.29, 1.82) is 0 Å². The van der Waals surface area contributed by atoms with Gasteiger partial charge in [-0.15, -0.1) is 0 Å². The van der Waals surface area contributed by atoms with Crippen LogP contribution < -0.4 is 4.89 Å². The molecule has 0 saturated heterocycles. The van der Waals surface area contributed by atoms with Gasteiger partial charge >= 0.3 is 11.9 Å². The lowest BCUT2D eigenvalue weighted by Crippen LogP contribution is -2.37. The number of carbonyl (C=O) groups excluding carboxylic acids is 2. The number of likely N-dealkylation sites (N-methyl/N-ethyl adjacent to an activating group) is 1. The molecule has 0 amide bonds. The number of quaternary nitrogens is 1. The SMILES string of the molecule is CC/C=C\C/C=C\C/C=C\C/C=C\C/C=C\CCCCCC(=O)OC(COC(=O)CCCCCCCCCCCCCCCCCC)COP(=O)([O-])OCC[N+](C)(C)C. The molecule has 10 heteroatoms. The lowest BCUT2D eigenvalue weighted by molar-refractivity contribution is -0.870. The second-order valence-corrected chi connectivity index (χ2v) is 18.2. The average molecular weight is 850 g/mol. The Bertz CT molecular complexity index is 1190. The molecular weight excluding hydrogens is 762 g/mol. The second-order valence-electron chi connectivity index (χ2n) is 16.7.